The molecule has 20 heavy (non-hydrogen) atoms. The Morgan fingerprint density at radius 1 is 1.20 bits per heavy atom. The summed E-state index contributed by atoms with van der Waals surface area (Å²) in [6.45, 7) is 2.72. The van der Waals surface area contributed by atoms with Crippen molar-refractivity contribution in [2.45, 2.75) is 24.8 Å². The second kappa shape index (κ2) is 6.39. The number of rotatable bonds is 6. The van der Waals surface area contributed by atoms with Crippen molar-refractivity contribution in [2.75, 3.05) is 11.8 Å². The molecule has 0 aliphatic rings. The quantitative estimate of drug-likeness (QED) is 0.862. The molecule has 4 nitrogen and oxygen atoms in total. The van der Waals surface area contributed by atoms with E-state index in [1.807, 2.05) is 18.5 Å². The monoisotopic (exact) mass is 310 g/mol. The van der Waals surface area contributed by atoms with Gasteiger partial charge in [0.25, 0.3) is 10.0 Å². The Balaban J connectivity index is 2.34. The first-order valence-electron chi connectivity index (χ1n) is 6.38. The molecule has 2 aromatic rings. The summed E-state index contributed by atoms with van der Waals surface area (Å²) in [5, 5.41) is 6.68. The molecule has 0 fully saturated rings. The molecule has 0 atom stereocenters. The van der Waals surface area contributed by atoms with Crippen molar-refractivity contribution in [1.29, 1.82) is 0 Å². The van der Waals surface area contributed by atoms with E-state index in [0.717, 1.165) is 17.5 Å². The highest BCUT2D eigenvalue weighted by atomic mass is 32.2. The molecule has 0 radical (unpaired) electrons. The third-order valence-electron chi connectivity index (χ3n) is 3.01. The average Bonchev–Trinajstić information content (AvgIpc) is 2.91. The van der Waals surface area contributed by atoms with Gasteiger partial charge in [-0.05, 0) is 48.2 Å². The van der Waals surface area contributed by atoms with Crippen molar-refractivity contribution < 1.29 is 8.42 Å². The summed E-state index contributed by atoms with van der Waals surface area (Å²) < 4.78 is 27.2. The maximum Gasteiger partial charge on any atom is 0.261 e. The molecule has 0 amide bonds. The molecule has 0 aliphatic carbocycles. The van der Waals surface area contributed by atoms with Gasteiger partial charge >= 0.3 is 0 Å². The molecular weight excluding hydrogens is 292 g/mol. The van der Waals surface area contributed by atoms with E-state index in [-0.39, 0.29) is 0 Å². The van der Waals surface area contributed by atoms with Gasteiger partial charge in [-0.25, -0.2) is 8.42 Å². The number of aryl methyl sites for hydroxylation is 1. The van der Waals surface area contributed by atoms with E-state index in [4.69, 9.17) is 0 Å². The Morgan fingerprint density at radius 3 is 2.60 bits per heavy atom. The van der Waals surface area contributed by atoms with Gasteiger partial charge in [-0.1, -0.05) is 13.0 Å². The first kappa shape index (κ1) is 15.0. The van der Waals surface area contributed by atoms with Gasteiger partial charge in [-0.3, -0.25) is 4.72 Å². The van der Waals surface area contributed by atoms with Crippen LogP contribution < -0.4 is 10.0 Å². The number of hydrogen-bond acceptors (Lipinski definition) is 4. The van der Waals surface area contributed by atoms with Crippen LogP contribution in [0.5, 0.6) is 0 Å². The number of hydrogen-bond donors (Lipinski definition) is 2. The Morgan fingerprint density at radius 2 is 2.00 bits per heavy atom. The molecule has 0 bridgehead atoms. The van der Waals surface area contributed by atoms with Crippen molar-refractivity contribution in [2.24, 2.45) is 0 Å². The van der Waals surface area contributed by atoms with Gasteiger partial charge in [0.15, 0.2) is 0 Å². The maximum absolute atomic E-state index is 12.3. The fourth-order valence-corrected chi connectivity index (χ4v) is 3.77. The van der Waals surface area contributed by atoms with Crippen LogP contribution in [0.1, 0.15) is 18.1 Å². The van der Waals surface area contributed by atoms with E-state index in [1.165, 1.54) is 11.3 Å². The molecule has 0 spiro atoms. The van der Waals surface area contributed by atoms with Gasteiger partial charge in [0.05, 0.1) is 10.6 Å². The van der Waals surface area contributed by atoms with E-state index in [2.05, 4.69) is 17.0 Å². The molecule has 0 unspecified atom stereocenters. The van der Waals surface area contributed by atoms with Crippen LogP contribution in [0.2, 0.25) is 0 Å². The van der Waals surface area contributed by atoms with Crippen molar-refractivity contribution in [3.8, 4) is 0 Å². The number of thiophene rings is 1. The summed E-state index contributed by atoms with van der Waals surface area (Å²) >= 11 is 1.46. The normalized spacial score (nSPS) is 11.5. The molecule has 2 N–H and O–H groups in total. The zero-order valence-electron chi connectivity index (χ0n) is 11.5. The topological polar surface area (TPSA) is 58.2 Å². The minimum atomic E-state index is -3.52. The molecule has 6 heteroatoms. The van der Waals surface area contributed by atoms with E-state index in [1.54, 1.807) is 23.6 Å². The Labute approximate surface area is 123 Å². The summed E-state index contributed by atoms with van der Waals surface area (Å²) in [6, 6.07) is 7.03. The van der Waals surface area contributed by atoms with Crippen LogP contribution in [0.25, 0.3) is 0 Å². The standard InChI is InChI=1S/C14H18N2O2S2/c1-3-11-4-5-14(8-12(11)9-15-2)20(17,18)16-13-6-7-19-10-13/h4-8,10,15-16H,3,9H2,1-2H3. The van der Waals surface area contributed by atoms with E-state index in [9.17, 15) is 8.42 Å². The Kier molecular flexibility index (Phi) is 4.80. The summed E-state index contributed by atoms with van der Waals surface area (Å²) in [6.07, 6.45) is 0.884. The zero-order valence-corrected chi connectivity index (χ0v) is 13.1. The average molecular weight is 310 g/mol. The van der Waals surface area contributed by atoms with Crippen LogP contribution in [0, 0.1) is 0 Å². The minimum Gasteiger partial charge on any atom is -0.316 e. The number of sulfonamides is 1. The highest BCUT2D eigenvalue weighted by Gasteiger charge is 2.16. The van der Waals surface area contributed by atoms with Crippen LogP contribution in [-0.4, -0.2) is 15.5 Å². The Bertz CT molecular complexity index is 664. The van der Waals surface area contributed by atoms with Crippen molar-refractivity contribution in [3.05, 3.63) is 46.2 Å². The SMILES string of the molecule is CCc1ccc(S(=O)(=O)Nc2ccsc2)cc1CNC. The predicted molar refractivity (Wildman–Crippen MR) is 83.7 cm³/mol. The second-order valence-electron chi connectivity index (χ2n) is 4.43. The van der Waals surface area contributed by atoms with Gasteiger partial charge in [-0.2, -0.15) is 11.3 Å². The fourth-order valence-electron chi connectivity index (χ4n) is 2.01. The Hall–Kier alpha value is -1.37. The number of anilines is 1. The number of benzene rings is 1. The van der Waals surface area contributed by atoms with Gasteiger partial charge in [0.1, 0.15) is 0 Å². The van der Waals surface area contributed by atoms with Crippen LogP contribution >= 0.6 is 11.3 Å². The summed E-state index contributed by atoms with van der Waals surface area (Å²) in [4.78, 5) is 0.297. The highest BCUT2D eigenvalue weighted by Crippen LogP contribution is 2.21. The summed E-state index contributed by atoms with van der Waals surface area (Å²) in [7, 11) is -1.67. The molecule has 2 rings (SSSR count). The molecule has 0 aliphatic heterocycles. The zero-order chi connectivity index (χ0) is 14.6. The first-order chi connectivity index (χ1) is 9.56. The molecule has 0 saturated heterocycles. The van der Waals surface area contributed by atoms with Gasteiger partial charge in [0.2, 0.25) is 0 Å². The summed E-state index contributed by atoms with van der Waals surface area (Å²) in [5.74, 6) is 0. The van der Waals surface area contributed by atoms with Crippen LogP contribution in [0.4, 0.5) is 5.69 Å². The largest absolute Gasteiger partial charge is 0.316 e. The van der Waals surface area contributed by atoms with Gasteiger partial charge in [-0.15, -0.1) is 0 Å². The molecule has 0 saturated carbocycles. The molecule has 108 valence electrons. The molecule has 1 heterocycles. The third kappa shape index (κ3) is 3.39. The smallest absolute Gasteiger partial charge is 0.261 e. The van der Waals surface area contributed by atoms with Crippen LogP contribution in [0.3, 0.4) is 0 Å². The lowest BCUT2D eigenvalue weighted by Crippen LogP contribution is -2.14. The highest BCUT2D eigenvalue weighted by molar-refractivity contribution is 7.92. The van der Waals surface area contributed by atoms with E-state index < -0.39 is 10.0 Å². The van der Waals surface area contributed by atoms with Crippen molar-refractivity contribution in [3.63, 3.8) is 0 Å². The lowest BCUT2D eigenvalue weighted by molar-refractivity contribution is 0.601. The second-order valence-corrected chi connectivity index (χ2v) is 6.89. The lowest BCUT2D eigenvalue weighted by Gasteiger charge is -2.11. The van der Waals surface area contributed by atoms with Crippen molar-refractivity contribution >= 4 is 27.0 Å². The van der Waals surface area contributed by atoms with E-state index >= 15 is 0 Å². The molecule has 1 aromatic heterocycles. The lowest BCUT2D eigenvalue weighted by atomic mass is 10.1. The molecular formula is C14H18N2O2S2. The van der Waals surface area contributed by atoms with Crippen LogP contribution in [-0.2, 0) is 23.0 Å². The fraction of sp³-hybridized carbons (Fsp3) is 0.286. The van der Waals surface area contributed by atoms with Gasteiger partial charge < -0.3 is 5.32 Å². The maximum atomic E-state index is 12.3. The molecule has 1 aromatic carbocycles. The van der Waals surface area contributed by atoms with Gasteiger partial charge in [0, 0.05) is 11.9 Å². The third-order valence-corrected chi connectivity index (χ3v) is 5.07. The van der Waals surface area contributed by atoms with Crippen molar-refractivity contribution in [1.82, 2.24) is 5.32 Å². The summed E-state index contributed by atoms with van der Waals surface area (Å²) in [5.41, 5.74) is 2.78. The predicted octanol–water partition coefficient (Wildman–Crippen LogP) is 2.83. The first-order valence-corrected chi connectivity index (χ1v) is 8.81. The number of nitrogens with one attached hydrogen (secondary N) is 2. The van der Waals surface area contributed by atoms with Crippen LogP contribution in [0.15, 0.2) is 39.9 Å². The minimum absolute atomic E-state index is 0.297. The van der Waals surface area contributed by atoms with E-state index in [0.29, 0.717) is 17.1 Å².